The van der Waals surface area contributed by atoms with Gasteiger partial charge in [0.1, 0.15) is 5.78 Å². The van der Waals surface area contributed by atoms with Crippen molar-refractivity contribution in [3.8, 4) is 0 Å². The molecule has 0 saturated carbocycles. The van der Waals surface area contributed by atoms with Crippen LogP contribution in [-0.4, -0.2) is 56.9 Å². The van der Waals surface area contributed by atoms with E-state index in [0.717, 1.165) is 5.69 Å². The summed E-state index contributed by atoms with van der Waals surface area (Å²) in [5.74, 6) is -0.801. The van der Waals surface area contributed by atoms with Gasteiger partial charge in [0.2, 0.25) is 0 Å². The Kier molecular flexibility index (Phi) is 6.96. The molecule has 0 unspecified atom stereocenters. The standard InChI is InChI=1S/C18H26N2O6S/c1-14(21)4-3-11-20(2)15-5-7-16(8-6-15)27(24,25)18(17(22)19-23)9-12-26-13-10-18/h5-8,23H,3-4,9-13H2,1-2H3,(H,19,22). The molecule has 0 bridgehead atoms. The molecule has 2 rings (SSSR count). The molecule has 0 atom stereocenters. The van der Waals surface area contributed by atoms with Gasteiger partial charge in [-0.05, 0) is 50.5 Å². The van der Waals surface area contributed by atoms with Gasteiger partial charge in [0.25, 0.3) is 5.91 Å². The van der Waals surface area contributed by atoms with Crippen LogP contribution in [-0.2, 0) is 24.2 Å². The third-order valence-electron chi connectivity index (χ3n) is 4.94. The third kappa shape index (κ3) is 4.48. The fourth-order valence-electron chi connectivity index (χ4n) is 3.22. The maximum Gasteiger partial charge on any atom is 0.265 e. The van der Waals surface area contributed by atoms with E-state index in [1.807, 2.05) is 11.9 Å². The molecule has 9 heteroatoms. The van der Waals surface area contributed by atoms with Crippen molar-refractivity contribution in [3.63, 3.8) is 0 Å². The second-order valence-corrected chi connectivity index (χ2v) is 9.03. The van der Waals surface area contributed by atoms with Crippen molar-refractivity contribution in [1.29, 1.82) is 0 Å². The topological polar surface area (TPSA) is 113 Å². The van der Waals surface area contributed by atoms with Crippen LogP contribution in [0.25, 0.3) is 0 Å². The van der Waals surface area contributed by atoms with Crippen molar-refractivity contribution in [3.05, 3.63) is 24.3 Å². The number of hydrogen-bond donors (Lipinski definition) is 2. The number of nitrogens with one attached hydrogen (secondary N) is 1. The summed E-state index contributed by atoms with van der Waals surface area (Å²) < 4.78 is 29.8. The first-order chi connectivity index (χ1) is 12.7. The Bertz CT molecular complexity index is 770. The highest BCUT2D eigenvalue weighted by atomic mass is 32.2. The number of hydrogen-bond acceptors (Lipinski definition) is 7. The molecule has 8 nitrogen and oxygen atoms in total. The number of ether oxygens (including phenoxy) is 1. The zero-order chi connectivity index (χ0) is 20.1. The molecule has 2 N–H and O–H groups in total. The molecule has 0 aliphatic carbocycles. The van der Waals surface area contributed by atoms with Gasteiger partial charge in [-0.3, -0.25) is 10.0 Å². The van der Waals surface area contributed by atoms with Crippen LogP contribution in [0.5, 0.6) is 0 Å². The summed E-state index contributed by atoms with van der Waals surface area (Å²) in [4.78, 5) is 25.2. The maximum absolute atomic E-state index is 13.2. The number of carbonyl (C=O) groups excluding carboxylic acids is 2. The van der Waals surface area contributed by atoms with Crippen molar-refractivity contribution >= 4 is 27.2 Å². The van der Waals surface area contributed by atoms with Gasteiger partial charge in [-0.15, -0.1) is 0 Å². The van der Waals surface area contributed by atoms with Crippen molar-refractivity contribution < 1.29 is 28.0 Å². The summed E-state index contributed by atoms with van der Waals surface area (Å²) in [6.45, 7) is 2.47. The van der Waals surface area contributed by atoms with Gasteiger partial charge < -0.3 is 14.4 Å². The van der Waals surface area contributed by atoms with E-state index < -0.39 is 20.5 Å². The highest BCUT2D eigenvalue weighted by Crippen LogP contribution is 2.35. The highest BCUT2D eigenvalue weighted by molar-refractivity contribution is 7.93. The Morgan fingerprint density at radius 1 is 1.22 bits per heavy atom. The van der Waals surface area contributed by atoms with Crippen LogP contribution in [0.4, 0.5) is 5.69 Å². The number of sulfone groups is 1. The monoisotopic (exact) mass is 398 g/mol. The molecule has 0 aromatic heterocycles. The number of carbonyl (C=O) groups is 2. The quantitative estimate of drug-likeness (QED) is 0.501. The Labute approximate surface area is 159 Å². The van der Waals surface area contributed by atoms with E-state index >= 15 is 0 Å². The van der Waals surface area contributed by atoms with Gasteiger partial charge in [-0.2, -0.15) is 0 Å². The van der Waals surface area contributed by atoms with E-state index in [4.69, 9.17) is 9.94 Å². The van der Waals surface area contributed by atoms with Crippen LogP contribution < -0.4 is 10.4 Å². The van der Waals surface area contributed by atoms with E-state index in [-0.39, 0.29) is 36.7 Å². The van der Waals surface area contributed by atoms with E-state index in [1.165, 1.54) is 17.6 Å². The SMILES string of the molecule is CC(=O)CCCN(C)c1ccc(S(=O)(=O)C2(C(=O)NO)CCOCC2)cc1. The largest absolute Gasteiger partial charge is 0.381 e. The van der Waals surface area contributed by atoms with Crippen LogP contribution in [0.1, 0.15) is 32.6 Å². The number of ketones is 1. The molecule has 1 saturated heterocycles. The lowest BCUT2D eigenvalue weighted by Crippen LogP contribution is -2.54. The minimum Gasteiger partial charge on any atom is -0.381 e. The number of amides is 1. The minimum atomic E-state index is -4.02. The Morgan fingerprint density at radius 3 is 2.33 bits per heavy atom. The molecular weight excluding hydrogens is 372 g/mol. The van der Waals surface area contributed by atoms with E-state index in [0.29, 0.717) is 19.4 Å². The highest BCUT2D eigenvalue weighted by Gasteiger charge is 2.52. The maximum atomic E-state index is 13.2. The summed E-state index contributed by atoms with van der Waals surface area (Å²) in [5, 5.41) is 9.07. The van der Waals surface area contributed by atoms with Crippen LogP contribution >= 0.6 is 0 Å². The van der Waals surface area contributed by atoms with Gasteiger partial charge in [-0.1, -0.05) is 0 Å². The predicted molar refractivity (Wildman–Crippen MR) is 99.5 cm³/mol. The van der Waals surface area contributed by atoms with Gasteiger partial charge in [0.15, 0.2) is 14.6 Å². The third-order valence-corrected chi connectivity index (χ3v) is 7.46. The zero-order valence-corrected chi connectivity index (χ0v) is 16.4. The molecule has 1 aliphatic rings. The lowest BCUT2D eigenvalue weighted by Gasteiger charge is -2.34. The number of hydroxylamine groups is 1. The molecule has 1 aromatic carbocycles. The van der Waals surface area contributed by atoms with Crippen molar-refractivity contribution in [1.82, 2.24) is 5.48 Å². The number of anilines is 1. The van der Waals surface area contributed by atoms with Crippen molar-refractivity contribution in [2.24, 2.45) is 0 Å². The molecule has 1 fully saturated rings. The second-order valence-electron chi connectivity index (χ2n) is 6.77. The first kappa shape index (κ1) is 21.3. The normalized spacial score (nSPS) is 16.6. The van der Waals surface area contributed by atoms with E-state index in [1.54, 1.807) is 19.1 Å². The lowest BCUT2D eigenvalue weighted by molar-refractivity contribution is -0.134. The van der Waals surface area contributed by atoms with Crippen LogP contribution in [0.3, 0.4) is 0 Å². The molecule has 1 amide bonds. The molecule has 1 aromatic rings. The second kappa shape index (κ2) is 8.81. The van der Waals surface area contributed by atoms with Gasteiger partial charge in [-0.25, -0.2) is 13.9 Å². The van der Waals surface area contributed by atoms with Gasteiger partial charge in [0, 0.05) is 38.9 Å². The molecule has 1 aliphatic heterocycles. The fraction of sp³-hybridized carbons (Fsp3) is 0.556. The number of benzene rings is 1. The van der Waals surface area contributed by atoms with Crippen LogP contribution in [0, 0.1) is 0 Å². The summed E-state index contributed by atoms with van der Waals surface area (Å²) in [5.41, 5.74) is 2.31. The Hall–Kier alpha value is -1.97. The molecule has 27 heavy (non-hydrogen) atoms. The zero-order valence-electron chi connectivity index (χ0n) is 15.6. The Morgan fingerprint density at radius 2 is 1.81 bits per heavy atom. The molecule has 0 spiro atoms. The van der Waals surface area contributed by atoms with Crippen molar-refractivity contribution in [2.75, 3.05) is 31.7 Å². The minimum absolute atomic E-state index is 0.0194. The predicted octanol–water partition coefficient (Wildman–Crippen LogP) is 1.32. The first-order valence-electron chi connectivity index (χ1n) is 8.82. The summed E-state index contributed by atoms with van der Waals surface area (Å²) in [6, 6.07) is 6.27. The van der Waals surface area contributed by atoms with E-state index in [2.05, 4.69) is 0 Å². The first-order valence-corrected chi connectivity index (χ1v) is 10.3. The average Bonchev–Trinajstić information content (AvgIpc) is 2.67. The van der Waals surface area contributed by atoms with Gasteiger partial charge >= 0.3 is 0 Å². The van der Waals surface area contributed by atoms with E-state index in [9.17, 15) is 18.0 Å². The molecule has 0 radical (unpaired) electrons. The number of nitrogens with zero attached hydrogens (tertiary/aromatic N) is 1. The molecule has 1 heterocycles. The molecule has 150 valence electrons. The fourth-order valence-corrected chi connectivity index (χ4v) is 5.16. The summed E-state index contributed by atoms with van der Waals surface area (Å²) in [6.07, 6.45) is 1.17. The average molecular weight is 398 g/mol. The molecular formula is C18H26N2O6S. The summed E-state index contributed by atoms with van der Waals surface area (Å²) >= 11 is 0. The van der Waals surface area contributed by atoms with Crippen LogP contribution in [0.15, 0.2) is 29.2 Å². The Balaban J connectivity index is 2.23. The number of rotatable bonds is 8. The number of Topliss-reactive ketones (excluding diaryl/α,β-unsaturated/α-hetero) is 1. The lowest BCUT2D eigenvalue weighted by atomic mass is 9.98. The van der Waals surface area contributed by atoms with Crippen molar-refractivity contribution in [2.45, 2.75) is 42.2 Å². The smallest absolute Gasteiger partial charge is 0.265 e. The van der Waals surface area contributed by atoms with Crippen LogP contribution in [0.2, 0.25) is 0 Å². The summed E-state index contributed by atoms with van der Waals surface area (Å²) in [7, 11) is -2.16. The van der Waals surface area contributed by atoms with Gasteiger partial charge in [0.05, 0.1) is 4.90 Å².